The molecule has 2 atom stereocenters. The van der Waals surface area contributed by atoms with E-state index in [9.17, 15) is 4.79 Å². The van der Waals surface area contributed by atoms with E-state index >= 15 is 0 Å². The van der Waals surface area contributed by atoms with E-state index in [2.05, 4.69) is 0 Å². The number of rotatable bonds is 1. The SMILES string of the molecule is CN(C)C(=O)[C@@H]1CC[C@@H](N)CO1.Cl. The monoisotopic (exact) mass is 208 g/mol. The molecular formula is C8H17ClN2O2. The Morgan fingerprint density at radius 1 is 1.46 bits per heavy atom. The van der Waals surface area contributed by atoms with Crippen molar-refractivity contribution >= 4 is 18.3 Å². The Morgan fingerprint density at radius 3 is 2.46 bits per heavy atom. The third kappa shape index (κ3) is 3.50. The van der Waals surface area contributed by atoms with Crippen LogP contribution in [-0.2, 0) is 9.53 Å². The second kappa shape index (κ2) is 5.42. The van der Waals surface area contributed by atoms with Crippen molar-refractivity contribution in [3.8, 4) is 0 Å². The summed E-state index contributed by atoms with van der Waals surface area (Å²) in [6.07, 6.45) is 1.36. The molecule has 1 heterocycles. The molecule has 5 heteroatoms. The molecule has 13 heavy (non-hydrogen) atoms. The molecule has 1 saturated heterocycles. The van der Waals surface area contributed by atoms with Crippen LogP contribution in [0.25, 0.3) is 0 Å². The number of halogens is 1. The van der Waals surface area contributed by atoms with Crippen LogP contribution >= 0.6 is 12.4 Å². The van der Waals surface area contributed by atoms with E-state index in [1.807, 2.05) is 0 Å². The summed E-state index contributed by atoms with van der Waals surface area (Å²) in [5.74, 6) is 0.0434. The Bertz CT molecular complexity index is 168. The molecule has 1 rings (SSSR count). The van der Waals surface area contributed by atoms with Crippen LogP contribution in [0.2, 0.25) is 0 Å². The van der Waals surface area contributed by atoms with Gasteiger partial charge in [-0.25, -0.2) is 0 Å². The maximum absolute atomic E-state index is 11.4. The number of carbonyl (C=O) groups excluding carboxylic acids is 1. The first-order valence-electron chi connectivity index (χ1n) is 4.19. The largest absolute Gasteiger partial charge is 0.367 e. The number of likely N-dealkylation sites (N-methyl/N-ethyl adjacent to an activating group) is 1. The summed E-state index contributed by atoms with van der Waals surface area (Å²) in [6, 6.07) is 0.108. The van der Waals surface area contributed by atoms with Gasteiger partial charge in [0, 0.05) is 20.1 Å². The van der Waals surface area contributed by atoms with Gasteiger partial charge in [0.15, 0.2) is 0 Å². The van der Waals surface area contributed by atoms with Gasteiger partial charge in [-0.05, 0) is 12.8 Å². The maximum Gasteiger partial charge on any atom is 0.251 e. The number of nitrogens with two attached hydrogens (primary N) is 1. The van der Waals surface area contributed by atoms with Crippen LogP contribution < -0.4 is 5.73 Å². The van der Waals surface area contributed by atoms with E-state index in [4.69, 9.17) is 10.5 Å². The lowest BCUT2D eigenvalue weighted by atomic mass is 10.1. The van der Waals surface area contributed by atoms with E-state index in [-0.39, 0.29) is 30.5 Å². The van der Waals surface area contributed by atoms with E-state index < -0.39 is 0 Å². The number of hydrogen-bond acceptors (Lipinski definition) is 3. The average Bonchev–Trinajstić information content (AvgIpc) is 2.04. The van der Waals surface area contributed by atoms with Crippen molar-refractivity contribution in [2.24, 2.45) is 5.73 Å². The van der Waals surface area contributed by atoms with Gasteiger partial charge in [-0.3, -0.25) is 4.79 Å². The van der Waals surface area contributed by atoms with Gasteiger partial charge in [-0.1, -0.05) is 0 Å². The molecule has 0 bridgehead atoms. The summed E-state index contributed by atoms with van der Waals surface area (Å²) >= 11 is 0. The van der Waals surface area contributed by atoms with Crippen LogP contribution in [0.1, 0.15) is 12.8 Å². The van der Waals surface area contributed by atoms with Crippen LogP contribution in [-0.4, -0.2) is 43.7 Å². The third-order valence-electron chi connectivity index (χ3n) is 2.03. The Kier molecular flexibility index (Phi) is 5.29. The first kappa shape index (κ1) is 12.7. The molecule has 0 saturated carbocycles. The second-order valence-corrected chi connectivity index (χ2v) is 3.39. The lowest BCUT2D eigenvalue weighted by molar-refractivity contribution is -0.144. The molecule has 0 aromatic carbocycles. The Morgan fingerprint density at radius 2 is 2.08 bits per heavy atom. The van der Waals surface area contributed by atoms with Crippen molar-refractivity contribution in [3.05, 3.63) is 0 Å². The van der Waals surface area contributed by atoms with Crippen molar-refractivity contribution in [1.29, 1.82) is 0 Å². The first-order chi connectivity index (χ1) is 5.61. The zero-order chi connectivity index (χ0) is 9.14. The Hall–Kier alpha value is -0.320. The minimum atomic E-state index is -0.264. The third-order valence-corrected chi connectivity index (χ3v) is 2.03. The van der Waals surface area contributed by atoms with Gasteiger partial charge in [0.2, 0.25) is 0 Å². The highest BCUT2D eigenvalue weighted by Crippen LogP contribution is 2.13. The normalized spacial score (nSPS) is 27.6. The lowest BCUT2D eigenvalue weighted by Gasteiger charge is -2.27. The molecule has 0 aromatic heterocycles. The van der Waals surface area contributed by atoms with Crippen LogP contribution in [0.5, 0.6) is 0 Å². The smallest absolute Gasteiger partial charge is 0.251 e. The molecule has 1 aliphatic rings. The minimum absolute atomic E-state index is 0. The van der Waals surface area contributed by atoms with Gasteiger partial charge < -0.3 is 15.4 Å². The molecule has 1 aliphatic heterocycles. The fourth-order valence-electron chi connectivity index (χ4n) is 1.25. The highest BCUT2D eigenvalue weighted by atomic mass is 35.5. The molecule has 4 nitrogen and oxygen atoms in total. The van der Waals surface area contributed by atoms with Crippen LogP contribution in [0.3, 0.4) is 0 Å². The van der Waals surface area contributed by atoms with Crippen molar-refractivity contribution in [2.45, 2.75) is 25.0 Å². The van der Waals surface area contributed by atoms with Crippen LogP contribution in [0.4, 0.5) is 0 Å². The molecule has 0 radical (unpaired) electrons. The number of nitrogens with zero attached hydrogens (tertiary/aromatic N) is 1. The predicted molar refractivity (Wildman–Crippen MR) is 52.9 cm³/mol. The number of hydrogen-bond donors (Lipinski definition) is 1. The van der Waals surface area contributed by atoms with E-state index in [1.54, 1.807) is 19.0 Å². The van der Waals surface area contributed by atoms with Crippen molar-refractivity contribution in [2.75, 3.05) is 20.7 Å². The summed E-state index contributed by atoms with van der Waals surface area (Å²) in [7, 11) is 3.47. The topological polar surface area (TPSA) is 55.6 Å². The van der Waals surface area contributed by atoms with Crippen molar-refractivity contribution in [1.82, 2.24) is 4.90 Å². The molecule has 0 aromatic rings. The molecule has 1 fully saturated rings. The fourth-order valence-corrected chi connectivity index (χ4v) is 1.25. The number of amides is 1. The van der Waals surface area contributed by atoms with Gasteiger partial charge in [-0.2, -0.15) is 0 Å². The zero-order valence-electron chi connectivity index (χ0n) is 8.03. The lowest BCUT2D eigenvalue weighted by Crippen LogP contribution is -2.43. The fraction of sp³-hybridized carbons (Fsp3) is 0.875. The highest BCUT2D eigenvalue weighted by Gasteiger charge is 2.26. The predicted octanol–water partition coefficient (Wildman–Crippen LogP) is 0.00270. The summed E-state index contributed by atoms with van der Waals surface area (Å²) in [5, 5.41) is 0. The van der Waals surface area contributed by atoms with Crippen LogP contribution in [0, 0.1) is 0 Å². The van der Waals surface area contributed by atoms with Gasteiger partial charge >= 0.3 is 0 Å². The Labute approximate surface area is 84.8 Å². The minimum Gasteiger partial charge on any atom is -0.367 e. The molecule has 0 spiro atoms. The van der Waals surface area contributed by atoms with Crippen LogP contribution in [0.15, 0.2) is 0 Å². The van der Waals surface area contributed by atoms with Gasteiger partial charge in [0.25, 0.3) is 5.91 Å². The standard InChI is InChI=1S/C8H16N2O2.ClH/c1-10(2)8(11)7-4-3-6(9)5-12-7;/h6-7H,3-5,9H2,1-2H3;1H/t6-,7+;/m1./s1. The molecule has 0 unspecified atom stereocenters. The highest BCUT2D eigenvalue weighted by molar-refractivity contribution is 5.85. The number of ether oxygens (including phenoxy) is 1. The summed E-state index contributed by atoms with van der Waals surface area (Å²) in [5.41, 5.74) is 5.62. The van der Waals surface area contributed by atoms with Crippen molar-refractivity contribution < 1.29 is 9.53 Å². The van der Waals surface area contributed by atoms with E-state index in [0.29, 0.717) is 6.61 Å². The number of carbonyl (C=O) groups is 1. The van der Waals surface area contributed by atoms with Gasteiger partial charge in [-0.15, -0.1) is 12.4 Å². The molecule has 78 valence electrons. The first-order valence-corrected chi connectivity index (χ1v) is 4.19. The maximum atomic E-state index is 11.4. The zero-order valence-corrected chi connectivity index (χ0v) is 8.84. The molecular weight excluding hydrogens is 192 g/mol. The Balaban J connectivity index is 0.00000144. The quantitative estimate of drug-likeness (QED) is 0.660. The molecule has 0 aliphatic carbocycles. The molecule has 1 amide bonds. The average molecular weight is 209 g/mol. The summed E-state index contributed by atoms with van der Waals surface area (Å²) < 4.78 is 5.30. The summed E-state index contributed by atoms with van der Waals surface area (Å²) in [6.45, 7) is 0.504. The van der Waals surface area contributed by atoms with Crippen molar-refractivity contribution in [3.63, 3.8) is 0 Å². The van der Waals surface area contributed by atoms with E-state index in [0.717, 1.165) is 12.8 Å². The van der Waals surface area contributed by atoms with Gasteiger partial charge in [0.1, 0.15) is 6.10 Å². The van der Waals surface area contributed by atoms with E-state index in [1.165, 1.54) is 0 Å². The second-order valence-electron chi connectivity index (χ2n) is 3.39. The molecule has 2 N–H and O–H groups in total. The van der Waals surface area contributed by atoms with Gasteiger partial charge in [0.05, 0.1) is 6.61 Å². The summed E-state index contributed by atoms with van der Waals surface area (Å²) in [4.78, 5) is 12.9.